The van der Waals surface area contributed by atoms with Gasteiger partial charge in [-0.15, -0.1) is 0 Å². The molecule has 1 aromatic carbocycles. The Morgan fingerprint density at radius 1 is 1.35 bits per heavy atom. The van der Waals surface area contributed by atoms with Crippen LogP contribution in [0.15, 0.2) is 23.1 Å². The van der Waals surface area contributed by atoms with E-state index in [1.54, 1.807) is 4.72 Å². The molecule has 0 fully saturated rings. The number of aromatic carboxylic acids is 1. The predicted molar refractivity (Wildman–Crippen MR) is 64.3 cm³/mol. The second kappa shape index (κ2) is 5.98. The second-order valence-corrected chi connectivity index (χ2v) is 5.88. The molecule has 0 spiro atoms. The molecular weight excluding hydrogens is 323 g/mol. The molecule has 0 aliphatic carbocycles. The first-order valence-corrected chi connectivity index (χ1v) is 6.98. The van der Waals surface area contributed by atoms with Crippen molar-refractivity contribution in [3.05, 3.63) is 28.8 Å². The Bertz CT molecular complexity index is 615. The van der Waals surface area contributed by atoms with Crippen molar-refractivity contribution in [1.82, 2.24) is 4.72 Å². The fourth-order valence-corrected chi connectivity index (χ4v) is 2.50. The van der Waals surface area contributed by atoms with Gasteiger partial charge in [0.1, 0.15) is 0 Å². The Morgan fingerprint density at radius 2 is 1.95 bits per heavy atom. The highest BCUT2D eigenvalue weighted by Crippen LogP contribution is 2.21. The number of hydrogen-bond donors (Lipinski definition) is 2. The van der Waals surface area contributed by atoms with E-state index in [9.17, 15) is 26.4 Å². The van der Waals surface area contributed by atoms with Crippen LogP contribution < -0.4 is 4.72 Å². The summed E-state index contributed by atoms with van der Waals surface area (Å²) in [6, 6.07) is 2.83. The molecule has 1 rings (SSSR count). The first-order chi connectivity index (χ1) is 9.03. The van der Waals surface area contributed by atoms with Crippen molar-refractivity contribution in [2.45, 2.75) is 17.5 Å². The maximum atomic E-state index is 11.9. The fourth-order valence-electron chi connectivity index (χ4n) is 1.25. The quantitative estimate of drug-likeness (QED) is 0.867. The minimum Gasteiger partial charge on any atom is -0.478 e. The molecule has 2 N–H and O–H groups in total. The number of halogens is 4. The fraction of sp³-hybridized carbons (Fsp3) is 0.300. The maximum absolute atomic E-state index is 11.9. The average molecular weight is 332 g/mol. The largest absolute Gasteiger partial charge is 0.478 e. The number of hydrogen-bond acceptors (Lipinski definition) is 3. The van der Waals surface area contributed by atoms with Gasteiger partial charge in [0, 0.05) is 6.54 Å². The molecule has 0 unspecified atom stereocenters. The molecular formula is C10H9ClF3NO4S. The summed E-state index contributed by atoms with van der Waals surface area (Å²) in [7, 11) is -4.23. The van der Waals surface area contributed by atoms with Crippen molar-refractivity contribution < 1.29 is 31.5 Å². The standard InChI is InChI=1S/C10H9ClF3NO4S/c11-8-2-1-6(5-7(8)9(16)17)20(18,19)15-4-3-10(12,13)14/h1-2,5,15H,3-4H2,(H,16,17). The lowest BCUT2D eigenvalue weighted by molar-refractivity contribution is -0.132. The maximum Gasteiger partial charge on any atom is 0.390 e. The van der Waals surface area contributed by atoms with Crippen molar-refractivity contribution in [3.63, 3.8) is 0 Å². The number of benzene rings is 1. The molecule has 20 heavy (non-hydrogen) atoms. The van der Waals surface area contributed by atoms with Crippen molar-refractivity contribution in [3.8, 4) is 0 Å². The van der Waals surface area contributed by atoms with Gasteiger partial charge in [-0.3, -0.25) is 0 Å². The third-order valence-electron chi connectivity index (χ3n) is 2.18. The Morgan fingerprint density at radius 3 is 2.45 bits per heavy atom. The zero-order chi connectivity index (χ0) is 15.6. The summed E-state index contributed by atoms with van der Waals surface area (Å²) in [5, 5.41) is 8.62. The lowest BCUT2D eigenvalue weighted by Crippen LogP contribution is -2.28. The SMILES string of the molecule is O=C(O)c1cc(S(=O)(=O)NCCC(F)(F)F)ccc1Cl. The Hall–Kier alpha value is -1.32. The summed E-state index contributed by atoms with van der Waals surface area (Å²) in [6.07, 6.45) is -5.82. The summed E-state index contributed by atoms with van der Waals surface area (Å²) in [5.74, 6) is -1.44. The highest BCUT2D eigenvalue weighted by Gasteiger charge is 2.27. The van der Waals surface area contributed by atoms with Gasteiger partial charge in [0.25, 0.3) is 0 Å². The highest BCUT2D eigenvalue weighted by molar-refractivity contribution is 7.89. The van der Waals surface area contributed by atoms with Gasteiger partial charge in [0.2, 0.25) is 10.0 Å². The van der Waals surface area contributed by atoms with Crippen molar-refractivity contribution in [2.75, 3.05) is 6.54 Å². The molecule has 0 amide bonds. The van der Waals surface area contributed by atoms with Crippen molar-refractivity contribution in [1.29, 1.82) is 0 Å². The van der Waals surface area contributed by atoms with Crippen LogP contribution in [-0.4, -0.2) is 32.2 Å². The van der Waals surface area contributed by atoms with E-state index < -0.39 is 45.6 Å². The summed E-state index contributed by atoms with van der Waals surface area (Å²) in [5.41, 5.74) is -0.453. The van der Waals surface area contributed by atoms with Gasteiger partial charge in [-0.1, -0.05) is 11.6 Å². The van der Waals surface area contributed by atoms with Crippen LogP contribution in [-0.2, 0) is 10.0 Å². The van der Waals surface area contributed by atoms with Crippen LogP contribution in [0.5, 0.6) is 0 Å². The van der Waals surface area contributed by atoms with E-state index in [4.69, 9.17) is 16.7 Å². The number of carbonyl (C=O) groups is 1. The van der Waals surface area contributed by atoms with Gasteiger partial charge in [-0.05, 0) is 18.2 Å². The Kier molecular flexibility index (Phi) is 5.00. The summed E-state index contributed by atoms with van der Waals surface area (Å²) in [4.78, 5) is 10.3. The molecule has 0 saturated heterocycles. The molecule has 0 aliphatic rings. The Labute approximate surface area is 117 Å². The van der Waals surface area contributed by atoms with Gasteiger partial charge in [-0.25, -0.2) is 17.9 Å². The van der Waals surface area contributed by atoms with Crippen molar-refractivity contribution >= 4 is 27.6 Å². The van der Waals surface area contributed by atoms with Crippen LogP contribution in [0, 0.1) is 0 Å². The first kappa shape index (κ1) is 16.7. The second-order valence-electron chi connectivity index (χ2n) is 3.71. The van der Waals surface area contributed by atoms with Crippen LogP contribution in [0.1, 0.15) is 16.8 Å². The van der Waals surface area contributed by atoms with Crippen LogP contribution >= 0.6 is 11.6 Å². The average Bonchev–Trinajstić information content (AvgIpc) is 2.26. The molecule has 0 radical (unpaired) electrons. The van der Waals surface area contributed by atoms with E-state index in [2.05, 4.69) is 0 Å². The smallest absolute Gasteiger partial charge is 0.390 e. The summed E-state index contributed by atoms with van der Waals surface area (Å²) < 4.78 is 60.9. The predicted octanol–water partition coefficient (Wildman–Crippen LogP) is 2.27. The van der Waals surface area contributed by atoms with E-state index in [-0.39, 0.29) is 5.02 Å². The Balaban J connectivity index is 2.93. The number of sulfonamides is 1. The van der Waals surface area contributed by atoms with Crippen LogP contribution in [0.2, 0.25) is 5.02 Å². The summed E-state index contributed by atoms with van der Waals surface area (Å²) >= 11 is 5.56. The minimum atomic E-state index is -4.49. The normalized spacial score (nSPS) is 12.4. The number of nitrogens with one attached hydrogen (secondary N) is 1. The van der Waals surface area contributed by atoms with Gasteiger partial charge in [-0.2, -0.15) is 13.2 Å². The van der Waals surface area contributed by atoms with E-state index >= 15 is 0 Å². The molecule has 0 aliphatic heterocycles. The van der Waals surface area contributed by atoms with Gasteiger partial charge in [0.05, 0.1) is 21.9 Å². The lowest BCUT2D eigenvalue weighted by atomic mass is 10.2. The number of alkyl halides is 3. The number of rotatable bonds is 5. The van der Waals surface area contributed by atoms with Gasteiger partial charge >= 0.3 is 12.1 Å². The van der Waals surface area contributed by atoms with E-state index in [0.717, 1.165) is 18.2 Å². The van der Waals surface area contributed by atoms with E-state index in [1.165, 1.54) is 0 Å². The highest BCUT2D eigenvalue weighted by atomic mass is 35.5. The van der Waals surface area contributed by atoms with Crippen LogP contribution in [0.4, 0.5) is 13.2 Å². The molecule has 112 valence electrons. The molecule has 5 nitrogen and oxygen atoms in total. The van der Waals surface area contributed by atoms with E-state index in [0.29, 0.717) is 0 Å². The molecule has 0 saturated carbocycles. The third-order valence-corrected chi connectivity index (χ3v) is 3.97. The molecule has 0 atom stereocenters. The number of carboxylic acids is 1. The molecule has 10 heteroatoms. The van der Waals surface area contributed by atoms with Crippen LogP contribution in [0.3, 0.4) is 0 Å². The number of carboxylic acid groups (broad SMARTS) is 1. The lowest BCUT2D eigenvalue weighted by Gasteiger charge is -2.09. The molecule has 0 aromatic heterocycles. The summed E-state index contributed by atoms with van der Waals surface area (Å²) in [6.45, 7) is -0.836. The van der Waals surface area contributed by atoms with Gasteiger partial charge < -0.3 is 5.11 Å². The minimum absolute atomic E-state index is 0.174. The molecule has 0 bridgehead atoms. The molecule has 1 aromatic rings. The van der Waals surface area contributed by atoms with Gasteiger partial charge in [0.15, 0.2) is 0 Å². The third kappa shape index (κ3) is 4.66. The zero-order valence-corrected chi connectivity index (χ0v) is 11.3. The monoisotopic (exact) mass is 331 g/mol. The van der Waals surface area contributed by atoms with Crippen molar-refractivity contribution in [2.24, 2.45) is 0 Å². The zero-order valence-electron chi connectivity index (χ0n) is 9.74. The first-order valence-electron chi connectivity index (χ1n) is 5.12. The topological polar surface area (TPSA) is 83.5 Å². The molecule has 0 heterocycles. The van der Waals surface area contributed by atoms with E-state index in [1.807, 2.05) is 0 Å². The van der Waals surface area contributed by atoms with Crippen LogP contribution in [0.25, 0.3) is 0 Å².